The van der Waals surface area contributed by atoms with Crippen molar-refractivity contribution in [3.05, 3.63) is 69.2 Å². The maximum absolute atomic E-state index is 12.8. The van der Waals surface area contributed by atoms with Gasteiger partial charge in [0.1, 0.15) is 17.1 Å². The topological polar surface area (TPSA) is 79.2 Å². The zero-order valence-electron chi connectivity index (χ0n) is 23.1. The summed E-state index contributed by atoms with van der Waals surface area (Å²) in [5, 5.41) is 2.91. The summed E-state index contributed by atoms with van der Waals surface area (Å²) in [5.41, 5.74) is 6.82. The maximum Gasteiger partial charge on any atom is 0.287 e. The molecule has 0 saturated heterocycles. The summed E-state index contributed by atoms with van der Waals surface area (Å²) in [6.07, 6.45) is 2.60. The van der Waals surface area contributed by atoms with Crippen molar-refractivity contribution in [2.24, 2.45) is 0 Å². The van der Waals surface area contributed by atoms with E-state index in [0.29, 0.717) is 23.7 Å². The van der Waals surface area contributed by atoms with Crippen molar-refractivity contribution in [2.45, 2.75) is 66.0 Å². The van der Waals surface area contributed by atoms with Gasteiger partial charge in [-0.1, -0.05) is 0 Å². The Morgan fingerprint density at radius 2 is 1.65 bits per heavy atom. The Balaban J connectivity index is 1.49. The number of ether oxygens (including phenoxy) is 4. The van der Waals surface area contributed by atoms with Crippen LogP contribution in [0, 0.1) is 20.8 Å². The standard InChI is InChI=1S/C30H37NO6/c1-17-18(2)27-22(11-12-30(4,5)37-27)19(3)23(17)15-21-9-10-24(36-21)29(32)31-16-20-13-25(33-6)28(35-8)26(14-20)34-7/h9-10,13-14H,11-12,15-16H2,1-8H3,(H,31,32). The first-order valence-corrected chi connectivity index (χ1v) is 12.5. The summed E-state index contributed by atoms with van der Waals surface area (Å²) in [4.78, 5) is 12.8. The third kappa shape index (κ3) is 5.26. The SMILES string of the molecule is COc1cc(CNC(=O)c2ccc(Cc3c(C)c(C)c4c(c3C)CCC(C)(C)O4)o2)cc(OC)c1OC. The number of hydrogen-bond acceptors (Lipinski definition) is 6. The van der Waals surface area contributed by atoms with Crippen LogP contribution in [0.4, 0.5) is 0 Å². The van der Waals surface area contributed by atoms with Gasteiger partial charge in [0.05, 0.1) is 21.3 Å². The lowest BCUT2D eigenvalue weighted by molar-refractivity contribution is 0.0833. The van der Waals surface area contributed by atoms with Crippen molar-refractivity contribution in [1.29, 1.82) is 0 Å². The van der Waals surface area contributed by atoms with E-state index in [4.69, 9.17) is 23.4 Å². The molecule has 1 aliphatic heterocycles. The number of fused-ring (bicyclic) bond motifs is 1. The first kappa shape index (κ1) is 26.5. The van der Waals surface area contributed by atoms with Crippen LogP contribution in [0.5, 0.6) is 23.0 Å². The van der Waals surface area contributed by atoms with Gasteiger partial charge in [0, 0.05) is 13.0 Å². The number of methoxy groups -OCH3 is 3. The van der Waals surface area contributed by atoms with Crippen LogP contribution in [0.1, 0.15) is 70.0 Å². The Morgan fingerprint density at radius 3 is 2.27 bits per heavy atom. The number of benzene rings is 2. The fraction of sp³-hybridized carbons (Fsp3) is 0.433. The van der Waals surface area contributed by atoms with Gasteiger partial charge in [0.15, 0.2) is 17.3 Å². The predicted molar refractivity (Wildman–Crippen MR) is 142 cm³/mol. The molecule has 4 rings (SSSR count). The van der Waals surface area contributed by atoms with Crippen LogP contribution in [-0.2, 0) is 19.4 Å². The van der Waals surface area contributed by atoms with E-state index >= 15 is 0 Å². The molecule has 0 unspecified atom stereocenters. The summed E-state index contributed by atoms with van der Waals surface area (Å²) in [6.45, 7) is 11.0. The van der Waals surface area contributed by atoms with E-state index < -0.39 is 0 Å². The molecule has 2 heterocycles. The molecule has 0 spiro atoms. The highest BCUT2D eigenvalue weighted by Crippen LogP contribution is 2.41. The second-order valence-corrected chi connectivity index (χ2v) is 10.2. The molecule has 37 heavy (non-hydrogen) atoms. The molecule has 0 radical (unpaired) electrons. The third-order valence-corrected chi connectivity index (χ3v) is 7.30. The summed E-state index contributed by atoms with van der Waals surface area (Å²) in [6, 6.07) is 7.22. The molecule has 1 N–H and O–H groups in total. The van der Waals surface area contributed by atoms with E-state index in [1.54, 1.807) is 27.4 Å². The van der Waals surface area contributed by atoms with Gasteiger partial charge in [0.25, 0.3) is 5.91 Å². The minimum Gasteiger partial charge on any atom is -0.493 e. The van der Waals surface area contributed by atoms with Crippen LogP contribution < -0.4 is 24.3 Å². The second-order valence-electron chi connectivity index (χ2n) is 10.2. The van der Waals surface area contributed by atoms with Crippen LogP contribution >= 0.6 is 0 Å². The van der Waals surface area contributed by atoms with Gasteiger partial charge in [-0.3, -0.25) is 4.79 Å². The lowest BCUT2D eigenvalue weighted by Crippen LogP contribution is -2.33. The van der Waals surface area contributed by atoms with E-state index in [1.165, 1.54) is 27.8 Å². The minimum absolute atomic E-state index is 0.149. The first-order valence-electron chi connectivity index (χ1n) is 12.5. The van der Waals surface area contributed by atoms with Gasteiger partial charge in [-0.2, -0.15) is 0 Å². The molecule has 7 nitrogen and oxygen atoms in total. The summed E-state index contributed by atoms with van der Waals surface area (Å²) < 4.78 is 28.5. The summed E-state index contributed by atoms with van der Waals surface area (Å²) in [5.74, 6) is 3.34. The molecule has 0 atom stereocenters. The number of hydrogen-bond donors (Lipinski definition) is 1. The molecule has 0 bridgehead atoms. The average Bonchev–Trinajstić information content (AvgIpc) is 3.36. The highest BCUT2D eigenvalue weighted by atomic mass is 16.5. The molecule has 3 aromatic rings. The Morgan fingerprint density at radius 1 is 0.973 bits per heavy atom. The summed E-state index contributed by atoms with van der Waals surface area (Å²) >= 11 is 0. The highest BCUT2D eigenvalue weighted by Gasteiger charge is 2.30. The van der Waals surface area contributed by atoms with E-state index in [1.807, 2.05) is 18.2 Å². The fourth-order valence-corrected chi connectivity index (χ4v) is 4.99. The van der Waals surface area contributed by atoms with Crippen LogP contribution in [0.3, 0.4) is 0 Å². The van der Waals surface area contributed by atoms with Crippen LogP contribution in [0.2, 0.25) is 0 Å². The summed E-state index contributed by atoms with van der Waals surface area (Å²) in [7, 11) is 4.68. The van der Waals surface area contributed by atoms with Gasteiger partial charge in [0.2, 0.25) is 5.75 Å². The molecule has 198 valence electrons. The number of nitrogens with one attached hydrogen (secondary N) is 1. The Bertz CT molecular complexity index is 1300. The molecule has 1 aromatic heterocycles. The maximum atomic E-state index is 12.8. The smallest absolute Gasteiger partial charge is 0.287 e. The van der Waals surface area contributed by atoms with E-state index in [9.17, 15) is 4.79 Å². The van der Waals surface area contributed by atoms with Crippen LogP contribution in [0.25, 0.3) is 0 Å². The third-order valence-electron chi connectivity index (χ3n) is 7.30. The molecule has 1 amide bonds. The molecule has 0 aliphatic carbocycles. The highest BCUT2D eigenvalue weighted by molar-refractivity contribution is 5.91. The average molecular weight is 508 g/mol. The van der Waals surface area contributed by atoms with Crippen molar-refractivity contribution in [3.63, 3.8) is 0 Å². The van der Waals surface area contributed by atoms with E-state index in [2.05, 4.69) is 39.9 Å². The first-order chi connectivity index (χ1) is 17.6. The van der Waals surface area contributed by atoms with Gasteiger partial charge in [-0.15, -0.1) is 0 Å². The molecular formula is C30H37NO6. The Labute approximate surface area is 219 Å². The lowest BCUT2D eigenvalue weighted by atomic mass is 9.84. The normalized spacial score (nSPS) is 13.9. The molecule has 1 aliphatic rings. The van der Waals surface area contributed by atoms with Crippen LogP contribution in [-0.4, -0.2) is 32.8 Å². The molecule has 2 aromatic carbocycles. The number of rotatable bonds is 8. The predicted octanol–water partition coefficient (Wildman–Crippen LogP) is 5.86. The van der Waals surface area contributed by atoms with Gasteiger partial charge < -0.3 is 28.7 Å². The largest absolute Gasteiger partial charge is 0.493 e. The number of carbonyl (C=O) groups is 1. The van der Waals surface area contributed by atoms with Crippen molar-refractivity contribution in [2.75, 3.05) is 21.3 Å². The molecule has 7 heteroatoms. The number of carbonyl (C=O) groups excluding carboxylic acids is 1. The minimum atomic E-state index is -0.286. The molecular weight excluding hydrogens is 470 g/mol. The van der Waals surface area contributed by atoms with Gasteiger partial charge >= 0.3 is 0 Å². The molecule has 0 fully saturated rings. The Kier molecular flexibility index (Phi) is 7.44. The van der Waals surface area contributed by atoms with Crippen molar-refractivity contribution in [1.82, 2.24) is 5.32 Å². The Hall–Kier alpha value is -3.61. The fourth-order valence-electron chi connectivity index (χ4n) is 4.99. The van der Waals surface area contributed by atoms with Crippen LogP contribution in [0.15, 0.2) is 28.7 Å². The van der Waals surface area contributed by atoms with Crippen molar-refractivity contribution in [3.8, 4) is 23.0 Å². The molecule has 0 saturated carbocycles. The zero-order chi connectivity index (χ0) is 26.9. The van der Waals surface area contributed by atoms with E-state index in [-0.39, 0.29) is 23.8 Å². The second kappa shape index (κ2) is 10.4. The van der Waals surface area contributed by atoms with Crippen molar-refractivity contribution < 1.29 is 28.2 Å². The van der Waals surface area contributed by atoms with Gasteiger partial charge in [-0.05, 0) is 105 Å². The van der Waals surface area contributed by atoms with E-state index in [0.717, 1.165) is 29.9 Å². The van der Waals surface area contributed by atoms with Gasteiger partial charge in [-0.25, -0.2) is 0 Å². The van der Waals surface area contributed by atoms with Crippen molar-refractivity contribution >= 4 is 5.91 Å². The lowest BCUT2D eigenvalue weighted by Gasteiger charge is -2.35. The number of amides is 1. The quantitative estimate of drug-likeness (QED) is 0.412. The monoisotopic (exact) mass is 507 g/mol. The zero-order valence-corrected chi connectivity index (χ0v) is 23.1. The number of furan rings is 1.